The molecule has 0 bridgehead atoms. The first-order chi connectivity index (χ1) is 11.1. The summed E-state index contributed by atoms with van der Waals surface area (Å²) < 4.78 is 0. The third-order valence-electron chi connectivity index (χ3n) is 4.28. The van der Waals surface area contributed by atoms with E-state index in [1.165, 1.54) is 5.69 Å². The second kappa shape index (κ2) is 6.16. The maximum atomic E-state index is 11.0. The number of nitrogens with two attached hydrogens (primary N) is 1. The largest absolute Gasteiger partial charge is 0.393 e. The molecule has 3 rings (SSSR count). The van der Waals surface area contributed by atoms with E-state index in [1.54, 1.807) is 12.1 Å². The summed E-state index contributed by atoms with van der Waals surface area (Å²) in [6.45, 7) is 5.46. The summed E-state index contributed by atoms with van der Waals surface area (Å²) in [5, 5.41) is 11.0. The molecule has 1 fully saturated rings. The Balaban J connectivity index is 1.75. The number of anilines is 3. The lowest BCUT2D eigenvalue weighted by atomic mass is 10.1. The van der Waals surface area contributed by atoms with Crippen LogP contribution in [0.3, 0.4) is 0 Å². The van der Waals surface area contributed by atoms with E-state index >= 15 is 0 Å². The van der Waals surface area contributed by atoms with E-state index in [0.717, 1.165) is 37.4 Å². The smallest absolute Gasteiger partial charge is 0.344 e. The molecule has 0 aliphatic carbocycles. The third-order valence-corrected chi connectivity index (χ3v) is 4.28. The first kappa shape index (κ1) is 15.1. The number of nitrogen functional groups attached to an aromatic ring is 1. The zero-order valence-electron chi connectivity index (χ0n) is 13.1. The van der Waals surface area contributed by atoms with Gasteiger partial charge < -0.3 is 15.5 Å². The lowest BCUT2D eigenvalue weighted by Crippen LogP contribution is -2.46. The van der Waals surface area contributed by atoms with Crippen LogP contribution in [0.25, 0.3) is 0 Å². The summed E-state index contributed by atoms with van der Waals surface area (Å²) in [4.78, 5) is 15.1. The minimum absolute atomic E-state index is 0.0193. The quantitative estimate of drug-likeness (QED) is 0.698. The van der Waals surface area contributed by atoms with E-state index in [1.807, 2.05) is 25.1 Å². The molecule has 0 aromatic heterocycles. The van der Waals surface area contributed by atoms with Crippen LogP contribution in [0.4, 0.5) is 22.7 Å². The lowest BCUT2D eigenvalue weighted by Gasteiger charge is -2.38. The fourth-order valence-corrected chi connectivity index (χ4v) is 3.04. The van der Waals surface area contributed by atoms with E-state index in [0.29, 0.717) is 0 Å². The van der Waals surface area contributed by atoms with Gasteiger partial charge in [-0.3, -0.25) is 0 Å². The molecule has 0 spiro atoms. The van der Waals surface area contributed by atoms with Crippen molar-refractivity contribution in [3.8, 4) is 0 Å². The molecule has 1 radical (unpaired) electrons. The predicted molar refractivity (Wildman–Crippen MR) is 90.4 cm³/mol. The summed E-state index contributed by atoms with van der Waals surface area (Å²) in [5.41, 5.74) is 9.15. The summed E-state index contributed by atoms with van der Waals surface area (Å²) in [5.74, 6) is 0. The number of piperazine rings is 1. The van der Waals surface area contributed by atoms with Crippen molar-refractivity contribution in [2.24, 2.45) is 0 Å². The van der Waals surface area contributed by atoms with Gasteiger partial charge in [-0.2, -0.15) is 0 Å². The Kier molecular flexibility index (Phi) is 4.06. The molecule has 6 heteroatoms. The van der Waals surface area contributed by atoms with Gasteiger partial charge in [-0.05, 0) is 30.7 Å². The van der Waals surface area contributed by atoms with Gasteiger partial charge in [0.2, 0.25) is 0 Å². The first-order valence-electron chi connectivity index (χ1n) is 7.65. The molecular formula is C17H20N4O2+. The van der Waals surface area contributed by atoms with Crippen LogP contribution in [0.5, 0.6) is 0 Å². The molecule has 2 aromatic rings. The maximum Gasteiger partial charge on any atom is 0.344 e. The van der Waals surface area contributed by atoms with Crippen LogP contribution in [0, 0.1) is 11.8 Å². The van der Waals surface area contributed by atoms with Crippen molar-refractivity contribution in [2.75, 3.05) is 41.7 Å². The van der Waals surface area contributed by atoms with Gasteiger partial charge in [-0.15, -0.1) is 0 Å². The number of hydrogen-bond acceptors (Lipinski definition) is 4. The predicted octanol–water partition coefficient (Wildman–Crippen LogP) is 2.66. The Morgan fingerprint density at radius 3 is 2.22 bits per heavy atom. The van der Waals surface area contributed by atoms with E-state index in [4.69, 9.17) is 5.73 Å². The van der Waals surface area contributed by atoms with Crippen LogP contribution in [0.1, 0.15) is 5.56 Å². The Hall–Kier alpha value is -2.76. The van der Waals surface area contributed by atoms with E-state index in [9.17, 15) is 10.1 Å². The van der Waals surface area contributed by atoms with Crippen LogP contribution in [-0.2, 0) is 5.21 Å². The molecule has 2 aromatic carbocycles. The van der Waals surface area contributed by atoms with Gasteiger partial charge in [-0.1, -0.05) is 18.2 Å². The third kappa shape index (κ3) is 3.06. The fourth-order valence-electron chi connectivity index (χ4n) is 3.04. The molecule has 1 heterocycles. The minimum atomic E-state index is -0.431. The molecule has 6 nitrogen and oxygen atoms in total. The average Bonchev–Trinajstić information content (AvgIpc) is 2.57. The molecule has 2 N–H and O–H groups in total. The highest BCUT2D eigenvalue weighted by Gasteiger charge is 2.24. The molecule has 0 unspecified atom stereocenters. The second-order valence-corrected chi connectivity index (χ2v) is 5.76. The van der Waals surface area contributed by atoms with Crippen LogP contribution >= 0.6 is 0 Å². The minimum Gasteiger partial charge on any atom is -0.393 e. The number of benzene rings is 2. The fraction of sp³-hybridized carbons (Fsp3) is 0.294. The van der Waals surface area contributed by atoms with Crippen LogP contribution < -0.4 is 15.5 Å². The van der Waals surface area contributed by atoms with Gasteiger partial charge >= 0.3 is 10.6 Å². The highest BCUT2D eigenvalue weighted by molar-refractivity contribution is 5.70. The Labute approximate surface area is 135 Å². The van der Waals surface area contributed by atoms with Crippen molar-refractivity contribution in [1.29, 1.82) is 0 Å². The first-order valence-corrected chi connectivity index (χ1v) is 7.65. The molecule has 119 valence electrons. The standard InChI is InChI=1S/C17H20N4O2/c1-13-11-17(21(22)23)15(18)12-16(13)20-9-7-19(8-10-20)14-5-3-2-4-6-14/h2-6,11-12H,7-10,18H2,1H3/q+1. The number of aryl methyl sites for hydroxylation is 1. The van der Waals surface area contributed by atoms with Crippen molar-refractivity contribution in [1.82, 2.24) is 0 Å². The van der Waals surface area contributed by atoms with Crippen LogP contribution in [-0.4, -0.2) is 31.1 Å². The topological polar surface area (TPSA) is 72.5 Å². The molecule has 1 aliphatic rings. The summed E-state index contributed by atoms with van der Waals surface area (Å²) in [6, 6.07) is 13.6. The van der Waals surface area contributed by atoms with Crippen molar-refractivity contribution in [3.63, 3.8) is 0 Å². The van der Waals surface area contributed by atoms with Gasteiger partial charge in [0, 0.05) is 43.6 Å². The monoisotopic (exact) mass is 312 g/mol. The summed E-state index contributed by atoms with van der Waals surface area (Å²) in [7, 11) is 0. The zero-order valence-corrected chi connectivity index (χ0v) is 13.1. The van der Waals surface area contributed by atoms with E-state index in [-0.39, 0.29) is 11.4 Å². The Morgan fingerprint density at radius 2 is 1.61 bits per heavy atom. The van der Waals surface area contributed by atoms with Gasteiger partial charge in [0.25, 0.3) is 0 Å². The molecule has 0 atom stereocenters. The average molecular weight is 312 g/mol. The van der Waals surface area contributed by atoms with Crippen LogP contribution in [0.15, 0.2) is 42.5 Å². The number of para-hydroxylation sites is 1. The van der Waals surface area contributed by atoms with Gasteiger partial charge in [0.1, 0.15) is 5.69 Å². The molecular weight excluding hydrogens is 292 g/mol. The van der Waals surface area contributed by atoms with Gasteiger partial charge in [0.05, 0.1) is 10.1 Å². The van der Waals surface area contributed by atoms with E-state index in [2.05, 4.69) is 21.9 Å². The lowest BCUT2D eigenvalue weighted by molar-refractivity contribution is -0.769. The molecule has 0 amide bonds. The number of hydrogen-bond donors (Lipinski definition) is 1. The molecule has 0 saturated carbocycles. The normalized spacial score (nSPS) is 14.8. The Bertz CT molecular complexity index is 710. The highest BCUT2D eigenvalue weighted by atomic mass is 16.6. The Morgan fingerprint density at radius 1 is 1.00 bits per heavy atom. The molecule has 1 aliphatic heterocycles. The van der Waals surface area contributed by atoms with Crippen molar-refractivity contribution < 1.29 is 10.1 Å². The maximum absolute atomic E-state index is 11.0. The van der Waals surface area contributed by atoms with Gasteiger partial charge in [0.15, 0.2) is 0 Å². The summed E-state index contributed by atoms with van der Waals surface area (Å²) in [6.07, 6.45) is 0. The molecule has 1 saturated heterocycles. The number of nitrogens with zero attached hydrogens (tertiary/aromatic N) is 3. The van der Waals surface area contributed by atoms with Crippen molar-refractivity contribution >= 4 is 22.7 Å². The van der Waals surface area contributed by atoms with Crippen molar-refractivity contribution in [3.05, 3.63) is 52.9 Å². The van der Waals surface area contributed by atoms with Crippen LogP contribution in [0.2, 0.25) is 0 Å². The summed E-state index contributed by atoms with van der Waals surface area (Å²) >= 11 is 0. The van der Waals surface area contributed by atoms with Gasteiger partial charge in [-0.25, -0.2) is 0 Å². The van der Waals surface area contributed by atoms with E-state index < -0.39 is 4.92 Å². The highest BCUT2D eigenvalue weighted by Crippen LogP contribution is 2.31. The molecule has 23 heavy (non-hydrogen) atoms. The zero-order chi connectivity index (χ0) is 16.4. The number of rotatable bonds is 3. The van der Waals surface area contributed by atoms with Crippen molar-refractivity contribution in [2.45, 2.75) is 6.92 Å². The second-order valence-electron chi connectivity index (χ2n) is 5.76. The SMILES string of the molecule is Cc1cc([N+]([O])=O)c(N)cc1N1CCN(c2ccccc2)CC1.